The lowest BCUT2D eigenvalue weighted by atomic mass is 9.70. The van der Waals surface area contributed by atoms with Crippen LogP contribution in [0.15, 0.2) is 65.7 Å². The van der Waals surface area contributed by atoms with Gasteiger partial charge in [0, 0.05) is 31.8 Å². The summed E-state index contributed by atoms with van der Waals surface area (Å²) in [5.74, 6) is 0.211. The Morgan fingerprint density at radius 2 is 1.73 bits per heavy atom. The number of carbonyl (C=O) groups excluding carboxylic acids is 3. The van der Waals surface area contributed by atoms with Crippen LogP contribution >= 0.6 is 11.8 Å². The van der Waals surface area contributed by atoms with Gasteiger partial charge in [-0.05, 0) is 37.3 Å². The first kappa shape index (κ1) is 27.1. The Labute approximate surface area is 222 Å². The van der Waals surface area contributed by atoms with Crippen LogP contribution in [-0.4, -0.2) is 70.2 Å². The number of nitrogens with one attached hydrogen (secondary N) is 1. The molecule has 196 valence electrons. The van der Waals surface area contributed by atoms with Crippen LogP contribution in [0.4, 0.5) is 0 Å². The molecule has 2 N–H and O–H groups in total. The Hall–Kier alpha value is -2.97. The lowest BCUT2D eigenvalue weighted by Gasteiger charge is -2.41. The predicted octanol–water partition coefficient (Wildman–Crippen LogP) is 3.15. The number of aliphatic imine (C=N–C) groups is 1. The first-order valence-electron chi connectivity index (χ1n) is 12.9. The molecule has 2 atom stereocenters. The van der Waals surface area contributed by atoms with E-state index in [4.69, 9.17) is 4.99 Å². The minimum absolute atomic E-state index is 0.0853. The lowest BCUT2D eigenvalue weighted by Crippen LogP contribution is -2.51. The average molecular weight is 522 g/mol. The number of benzene rings is 2. The molecule has 2 aromatic rings. The third-order valence-corrected chi connectivity index (χ3v) is 8.53. The predicted molar refractivity (Wildman–Crippen MR) is 147 cm³/mol. The van der Waals surface area contributed by atoms with Crippen molar-refractivity contribution < 1.29 is 19.5 Å². The summed E-state index contributed by atoms with van der Waals surface area (Å²) in [5, 5.41) is 14.3. The maximum Gasteiger partial charge on any atom is 0.251 e. The standard InChI is InChI=1S/C29H35N3O4S/c1-21(33)29(23-10-6-3-7-11-23)13-16-32(17-14-29)28(36)25(34)19-26(35)30-15-12-27-31-24(20-37-27)18-22-8-4-2-5-9-22/h2-11,24-25,34H,12-20H2,1H3,(H,30,35)/t24?,25-/m1/s1. The molecule has 2 heterocycles. The first-order valence-corrected chi connectivity index (χ1v) is 13.9. The zero-order valence-electron chi connectivity index (χ0n) is 21.3. The van der Waals surface area contributed by atoms with E-state index in [2.05, 4.69) is 17.4 Å². The summed E-state index contributed by atoms with van der Waals surface area (Å²) in [6, 6.07) is 20.2. The van der Waals surface area contributed by atoms with Crippen LogP contribution in [0.3, 0.4) is 0 Å². The summed E-state index contributed by atoms with van der Waals surface area (Å²) in [6.07, 6.45) is 0.888. The SMILES string of the molecule is CC(=O)C1(c2ccccc2)CCN(C(=O)[C@H](O)CC(=O)NCCC2=NC(Cc3ccccc3)CS2)CC1. The summed E-state index contributed by atoms with van der Waals surface area (Å²) in [6.45, 7) is 2.76. The zero-order chi connectivity index (χ0) is 26.3. The van der Waals surface area contributed by atoms with Gasteiger partial charge in [0.2, 0.25) is 5.91 Å². The molecule has 0 radical (unpaired) electrons. The van der Waals surface area contributed by atoms with E-state index in [9.17, 15) is 19.5 Å². The Balaban J connectivity index is 1.19. The molecule has 1 fully saturated rings. The van der Waals surface area contributed by atoms with Crippen LogP contribution in [0.25, 0.3) is 0 Å². The number of amides is 2. The number of carbonyl (C=O) groups is 3. The van der Waals surface area contributed by atoms with Crippen LogP contribution < -0.4 is 5.32 Å². The molecule has 2 aliphatic heterocycles. The third kappa shape index (κ3) is 6.87. The van der Waals surface area contributed by atoms with Crippen LogP contribution in [0.2, 0.25) is 0 Å². The molecular formula is C29H35N3O4S. The molecule has 1 saturated heterocycles. The van der Waals surface area contributed by atoms with Crippen molar-refractivity contribution in [2.45, 2.75) is 56.6 Å². The fraction of sp³-hybridized carbons (Fsp3) is 0.448. The van der Waals surface area contributed by atoms with Gasteiger partial charge in [-0.15, -0.1) is 11.8 Å². The maximum atomic E-state index is 12.8. The molecule has 0 aromatic heterocycles. The van der Waals surface area contributed by atoms with Gasteiger partial charge in [0.05, 0.1) is 22.9 Å². The van der Waals surface area contributed by atoms with Crippen LogP contribution in [0.5, 0.6) is 0 Å². The number of thioether (sulfide) groups is 1. The number of ketones is 1. The highest BCUT2D eigenvalue weighted by Gasteiger charge is 2.42. The lowest BCUT2D eigenvalue weighted by molar-refractivity contribution is -0.145. The Kier molecular flexibility index (Phi) is 9.16. The van der Waals surface area contributed by atoms with Gasteiger partial charge in [-0.2, -0.15) is 0 Å². The number of aliphatic hydroxyl groups is 1. The molecule has 2 amide bonds. The van der Waals surface area contributed by atoms with E-state index in [0.29, 0.717) is 38.9 Å². The molecule has 7 nitrogen and oxygen atoms in total. The monoisotopic (exact) mass is 521 g/mol. The maximum absolute atomic E-state index is 12.8. The van der Waals surface area contributed by atoms with E-state index in [-0.39, 0.29) is 24.2 Å². The van der Waals surface area contributed by atoms with Crippen LogP contribution in [-0.2, 0) is 26.2 Å². The van der Waals surface area contributed by atoms with Crippen molar-refractivity contribution in [3.63, 3.8) is 0 Å². The molecule has 0 bridgehead atoms. The number of nitrogens with zero attached hydrogens (tertiary/aromatic N) is 2. The highest BCUT2D eigenvalue weighted by molar-refractivity contribution is 8.14. The van der Waals surface area contributed by atoms with Crippen molar-refractivity contribution in [3.8, 4) is 0 Å². The Morgan fingerprint density at radius 1 is 1.08 bits per heavy atom. The molecule has 0 saturated carbocycles. The van der Waals surface area contributed by atoms with E-state index in [1.807, 2.05) is 48.5 Å². The van der Waals surface area contributed by atoms with Gasteiger partial charge in [0.1, 0.15) is 11.9 Å². The van der Waals surface area contributed by atoms with Crippen LogP contribution in [0, 0.1) is 0 Å². The second-order valence-corrected chi connectivity index (χ2v) is 10.9. The molecular weight excluding hydrogens is 486 g/mol. The summed E-state index contributed by atoms with van der Waals surface area (Å²) in [4.78, 5) is 44.1. The number of likely N-dealkylation sites (tertiary alicyclic amines) is 1. The van der Waals surface area contributed by atoms with Gasteiger partial charge < -0.3 is 15.3 Å². The summed E-state index contributed by atoms with van der Waals surface area (Å²) in [7, 11) is 0. The largest absolute Gasteiger partial charge is 0.383 e. The van der Waals surface area contributed by atoms with Crippen LogP contribution in [0.1, 0.15) is 43.7 Å². The number of hydrogen-bond acceptors (Lipinski definition) is 6. The van der Waals surface area contributed by atoms with Gasteiger partial charge in [0.15, 0.2) is 0 Å². The summed E-state index contributed by atoms with van der Waals surface area (Å²) < 4.78 is 0. The fourth-order valence-electron chi connectivity index (χ4n) is 5.16. The van der Waals surface area contributed by atoms with Gasteiger partial charge >= 0.3 is 0 Å². The van der Waals surface area contributed by atoms with E-state index >= 15 is 0 Å². The molecule has 2 aromatic carbocycles. The number of piperidine rings is 1. The summed E-state index contributed by atoms with van der Waals surface area (Å²) in [5.41, 5.74) is 1.62. The van der Waals surface area contributed by atoms with E-state index in [1.165, 1.54) is 5.56 Å². The van der Waals surface area contributed by atoms with Gasteiger partial charge in [-0.1, -0.05) is 60.7 Å². The molecule has 4 rings (SSSR count). The van der Waals surface area contributed by atoms with Crippen molar-refractivity contribution >= 4 is 34.4 Å². The quantitative estimate of drug-likeness (QED) is 0.501. The topological polar surface area (TPSA) is 99.1 Å². The fourth-order valence-corrected chi connectivity index (χ4v) is 6.21. The Morgan fingerprint density at radius 3 is 2.38 bits per heavy atom. The second-order valence-electron chi connectivity index (χ2n) is 9.83. The number of hydrogen-bond donors (Lipinski definition) is 2. The van der Waals surface area contributed by atoms with Gasteiger partial charge in [-0.25, -0.2) is 0 Å². The smallest absolute Gasteiger partial charge is 0.251 e. The average Bonchev–Trinajstić information content (AvgIpc) is 3.36. The molecule has 37 heavy (non-hydrogen) atoms. The Bertz CT molecular complexity index is 1110. The summed E-state index contributed by atoms with van der Waals surface area (Å²) >= 11 is 1.72. The highest BCUT2D eigenvalue weighted by Crippen LogP contribution is 2.36. The van der Waals surface area contributed by atoms with Crippen molar-refractivity contribution in [3.05, 3.63) is 71.8 Å². The van der Waals surface area contributed by atoms with Gasteiger partial charge in [-0.3, -0.25) is 19.4 Å². The minimum atomic E-state index is -1.39. The number of Topliss-reactive ketones (excluding diaryl/α,β-unsaturated/α-hetero) is 1. The normalized spacial score (nSPS) is 19.7. The van der Waals surface area contributed by atoms with Crippen molar-refractivity contribution in [2.75, 3.05) is 25.4 Å². The van der Waals surface area contributed by atoms with E-state index < -0.39 is 17.4 Å². The molecule has 0 spiro atoms. The third-order valence-electron chi connectivity index (χ3n) is 7.34. The van der Waals surface area contributed by atoms with Gasteiger partial charge in [0.25, 0.3) is 5.91 Å². The van der Waals surface area contributed by atoms with Crippen molar-refractivity contribution in [1.82, 2.24) is 10.2 Å². The molecule has 8 heteroatoms. The van der Waals surface area contributed by atoms with E-state index in [0.717, 1.165) is 22.8 Å². The highest BCUT2D eigenvalue weighted by atomic mass is 32.2. The van der Waals surface area contributed by atoms with Crippen molar-refractivity contribution in [2.24, 2.45) is 4.99 Å². The minimum Gasteiger partial charge on any atom is -0.383 e. The molecule has 2 aliphatic rings. The van der Waals surface area contributed by atoms with E-state index in [1.54, 1.807) is 23.6 Å². The molecule has 0 aliphatic carbocycles. The zero-order valence-corrected chi connectivity index (χ0v) is 22.1. The van der Waals surface area contributed by atoms with Crippen molar-refractivity contribution in [1.29, 1.82) is 0 Å². The molecule has 1 unspecified atom stereocenters. The number of rotatable bonds is 10. The number of aliphatic hydroxyl groups excluding tert-OH is 1. The first-order chi connectivity index (χ1) is 17.9. The second kappa shape index (κ2) is 12.5.